The summed E-state index contributed by atoms with van der Waals surface area (Å²) in [5.41, 5.74) is 2.90. The Bertz CT molecular complexity index is 927. The van der Waals surface area contributed by atoms with Crippen molar-refractivity contribution in [2.24, 2.45) is 0 Å². The number of ether oxygens (including phenoxy) is 2. The van der Waals surface area contributed by atoms with Crippen LogP contribution in [0, 0.1) is 0 Å². The molecule has 3 rings (SSSR count). The molecule has 5 heteroatoms. The van der Waals surface area contributed by atoms with E-state index >= 15 is 0 Å². The van der Waals surface area contributed by atoms with Crippen LogP contribution in [0.25, 0.3) is 0 Å². The van der Waals surface area contributed by atoms with Crippen LogP contribution >= 0.6 is 0 Å². The van der Waals surface area contributed by atoms with Gasteiger partial charge in [0.15, 0.2) is 0 Å². The van der Waals surface area contributed by atoms with E-state index in [2.05, 4.69) is 29.7 Å². The zero-order chi connectivity index (χ0) is 21.7. The van der Waals surface area contributed by atoms with Crippen LogP contribution in [0.4, 0.5) is 11.4 Å². The normalized spacial score (nSPS) is 10.4. The fourth-order valence-electron chi connectivity index (χ4n) is 3.05. The third-order valence-electron chi connectivity index (χ3n) is 4.62. The number of benzene rings is 3. The maximum atomic E-state index is 12.3. The van der Waals surface area contributed by atoms with Crippen molar-refractivity contribution in [1.29, 1.82) is 0 Å². The van der Waals surface area contributed by atoms with Gasteiger partial charge in [0.2, 0.25) is 5.91 Å². The zero-order valence-corrected chi connectivity index (χ0v) is 18.0. The molecule has 2 N–H and O–H groups in total. The Morgan fingerprint density at radius 1 is 0.806 bits per heavy atom. The first-order chi connectivity index (χ1) is 15.2. The summed E-state index contributed by atoms with van der Waals surface area (Å²) in [7, 11) is 0. The second kappa shape index (κ2) is 12.3. The highest BCUT2D eigenvalue weighted by Gasteiger charge is 2.04. The van der Waals surface area contributed by atoms with E-state index in [9.17, 15) is 4.79 Å². The number of hydrogen-bond donors (Lipinski definition) is 2. The molecule has 0 unspecified atom stereocenters. The number of hydrogen-bond acceptors (Lipinski definition) is 4. The van der Waals surface area contributed by atoms with Gasteiger partial charge in [-0.2, -0.15) is 0 Å². The topological polar surface area (TPSA) is 59.6 Å². The summed E-state index contributed by atoms with van der Waals surface area (Å²) < 4.78 is 11.4. The van der Waals surface area contributed by atoms with Gasteiger partial charge in [0.05, 0.1) is 19.8 Å². The first kappa shape index (κ1) is 22.2. The molecule has 0 aromatic heterocycles. The van der Waals surface area contributed by atoms with Crippen molar-refractivity contribution in [3.63, 3.8) is 0 Å². The molecule has 0 saturated carbocycles. The highest BCUT2D eigenvalue weighted by atomic mass is 16.5. The van der Waals surface area contributed by atoms with E-state index in [4.69, 9.17) is 9.47 Å². The molecule has 162 valence electrons. The molecule has 1 amide bonds. The van der Waals surface area contributed by atoms with Crippen LogP contribution in [0.2, 0.25) is 0 Å². The highest BCUT2D eigenvalue weighted by molar-refractivity contribution is 5.93. The van der Waals surface area contributed by atoms with Crippen molar-refractivity contribution in [1.82, 2.24) is 0 Å². The fourth-order valence-corrected chi connectivity index (χ4v) is 3.05. The molecule has 0 radical (unpaired) electrons. The maximum Gasteiger partial charge on any atom is 0.243 e. The summed E-state index contributed by atoms with van der Waals surface area (Å²) in [6.45, 7) is 3.58. The minimum absolute atomic E-state index is 0.118. The predicted octanol–water partition coefficient (Wildman–Crippen LogP) is 5.54. The average Bonchev–Trinajstić information content (AvgIpc) is 2.81. The molecule has 0 aliphatic carbocycles. The molecule has 0 atom stereocenters. The number of carbonyl (C=O) groups is 1. The van der Waals surface area contributed by atoms with E-state index in [1.807, 2.05) is 66.7 Å². The molecular formula is C26H30N2O3. The number of amides is 1. The number of aryl methyl sites for hydroxylation is 1. The van der Waals surface area contributed by atoms with Crippen LogP contribution < -0.4 is 20.1 Å². The van der Waals surface area contributed by atoms with Crippen molar-refractivity contribution in [3.05, 3.63) is 84.4 Å². The summed E-state index contributed by atoms with van der Waals surface area (Å²) in [5.74, 6) is 1.46. The van der Waals surface area contributed by atoms with Gasteiger partial charge >= 0.3 is 0 Å². The number of rotatable bonds is 12. The Balaban J connectivity index is 1.39. The third-order valence-corrected chi connectivity index (χ3v) is 4.62. The van der Waals surface area contributed by atoms with Gasteiger partial charge in [0.1, 0.15) is 11.5 Å². The van der Waals surface area contributed by atoms with E-state index < -0.39 is 0 Å². The van der Waals surface area contributed by atoms with Gasteiger partial charge in [-0.3, -0.25) is 4.79 Å². The Morgan fingerprint density at radius 3 is 2.35 bits per heavy atom. The van der Waals surface area contributed by atoms with Crippen LogP contribution in [0.5, 0.6) is 11.5 Å². The lowest BCUT2D eigenvalue weighted by molar-refractivity contribution is -0.114. The van der Waals surface area contributed by atoms with Gasteiger partial charge < -0.3 is 20.1 Å². The standard InChI is InChI=1S/C26H30N2O3/c1-2-17-30-24-15-13-22(14-16-24)27-20-26(29)28-23-11-6-12-25(19-23)31-18-7-10-21-8-4-3-5-9-21/h3-6,8-9,11-16,19,27H,2,7,10,17-18,20H2,1H3,(H,28,29). The number of carbonyl (C=O) groups excluding carboxylic acids is 1. The molecule has 31 heavy (non-hydrogen) atoms. The quantitative estimate of drug-likeness (QED) is 0.379. The van der Waals surface area contributed by atoms with Crippen LogP contribution in [-0.4, -0.2) is 25.7 Å². The minimum atomic E-state index is -0.118. The minimum Gasteiger partial charge on any atom is -0.494 e. The van der Waals surface area contributed by atoms with Gasteiger partial charge in [-0.05, 0) is 61.2 Å². The van der Waals surface area contributed by atoms with Crippen LogP contribution in [0.3, 0.4) is 0 Å². The van der Waals surface area contributed by atoms with E-state index in [1.54, 1.807) is 0 Å². The Kier molecular flexibility index (Phi) is 8.80. The molecule has 0 aliphatic rings. The number of nitrogens with one attached hydrogen (secondary N) is 2. The summed E-state index contributed by atoms with van der Waals surface area (Å²) in [4.78, 5) is 12.3. The lowest BCUT2D eigenvalue weighted by Crippen LogP contribution is -2.21. The van der Waals surface area contributed by atoms with Crippen LogP contribution in [0.1, 0.15) is 25.3 Å². The third kappa shape index (κ3) is 8.05. The van der Waals surface area contributed by atoms with E-state index in [-0.39, 0.29) is 12.5 Å². The largest absolute Gasteiger partial charge is 0.494 e. The van der Waals surface area contributed by atoms with Crippen LogP contribution in [0.15, 0.2) is 78.9 Å². The van der Waals surface area contributed by atoms with Crippen molar-refractivity contribution in [2.75, 3.05) is 30.4 Å². The van der Waals surface area contributed by atoms with E-state index in [1.165, 1.54) is 5.56 Å². The van der Waals surface area contributed by atoms with E-state index in [0.29, 0.717) is 13.2 Å². The Hall–Kier alpha value is -3.47. The first-order valence-corrected chi connectivity index (χ1v) is 10.8. The van der Waals surface area contributed by atoms with Gasteiger partial charge in [-0.1, -0.05) is 43.3 Å². The maximum absolute atomic E-state index is 12.3. The molecule has 0 aliphatic heterocycles. The average molecular weight is 419 g/mol. The van der Waals surface area contributed by atoms with Gasteiger partial charge in [0.25, 0.3) is 0 Å². The summed E-state index contributed by atoms with van der Waals surface area (Å²) >= 11 is 0. The molecule has 0 fully saturated rings. The van der Waals surface area contributed by atoms with Crippen molar-refractivity contribution in [2.45, 2.75) is 26.2 Å². The van der Waals surface area contributed by atoms with Gasteiger partial charge in [0, 0.05) is 17.4 Å². The zero-order valence-electron chi connectivity index (χ0n) is 18.0. The molecule has 0 saturated heterocycles. The lowest BCUT2D eigenvalue weighted by Gasteiger charge is -2.11. The molecule has 3 aromatic rings. The summed E-state index contributed by atoms with van der Waals surface area (Å²) in [5, 5.41) is 6.02. The molecule has 5 nitrogen and oxygen atoms in total. The highest BCUT2D eigenvalue weighted by Crippen LogP contribution is 2.18. The second-order valence-electron chi connectivity index (χ2n) is 7.24. The monoisotopic (exact) mass is 418 g/mol. The van der Waals surface area contributed by atoms with Gasteiger partial charge in [-0.15, -0.1) is 0 Å². The molecular weight excluding hydrogens is 388 g/mol. The first-order valence-electron chi connectivity index (χ1n) is 10.8. The molecule has 0 bridgehead atoms. The van der Waals surface area contributed by atoms with Crippen molar-refractivity contribution < 1.29 is 14.3 Å². The SMILES string of the molecule is CCCOc1ccc(NCC(=O)Nc2cccc(OCCCc3ccccc3)c2)cc1. The molecule has 0 heterocycles. The Morgan fingerprint density at radius 2 is 1.58 bits per heavy atom. The summed E-state index contributed by atoms with van der Waals surface area (Å²) in [6, 6.07) is 25.5. The summed E-state index contributed by atoms with van der Waals surface area (Å²) in [6.07, 6.45) is 2.89. The predicted molar refractivity (Wildman–Crippen MR) is 126 cm³/mol. The van der Waals surface area contributed by atoms with Gasteiger partial charge in [-0.25, -0.2) is 0 Å². The lowest BCUT2D eigenvalue weighted by atomic mass is 10.1. The molecule has 0 spiro atoms. The second-order valence-corrected chi connectivity index (χ2v) is 7.24. The van der Waals surface area contributed by atoms with E-state index in [0.717, 1.165) is 42.1 Å². The van der Waals surface area contributed by atoms with Crippen LogP contribution in [-0.2, 0) is 11.2 Å². The van der Waals surface area contributed by atoms with Crippen molar-refractivity contribution >= 4 is 17.3 Å². The number of anilines is 2. The molecule has 3 aromatic carbocycles. The van der Waals surface area contributed by atoms with Crippen molar-refractivity contribution in [3.8, 4) is 11.5 Å². The smallest absolute Gasteiger partial charge is 0.243 e. The Labute approximate surface area is 184 Å². The fraction of sp³-hybridized carbons (Fsp3) is 0.269.